The zero-order valence-corrected chi connectivity index (χ0v) is 13.3. The minimum Gasteiger partial charge on any atom is -0.224 e. The molecule has 20 heavy (non-hydrogen) atoms. The first-order valence-electron chi connectivity index (χ1n) is 5.66. The quantitative estimate of drug-likeness (QED) is 0.627. The second-order valence-corrected chi connectivity index (χ2v) is 8.44. The third-order valence-corrected chi connectivity index (χ3v) is 5.45. The maximum absolute atomic E-state index is 13.6. The van der Waals surface area contributed by atoms with Gasteiger partial charge in [0, 0.05) is 18.2 Å². The second kappa shape index (κ2) is 6.38. The first-order valence-corrected chi connectivity index (χ1v) is 9.56. The van der Waals surface area contributed by atoms with Gasteiger partial charge in [0.2, 0.25) is 10.0 Å². The molecule has 0 amide bonds. The predicted molar refractivity (Wildman–Crippen MR) is 74.6 cm³/mol. The Labute approximate surface area is 123 Å². The molecule has 1 N–H and O–H groups in total. The van der Waals surface area contributed by atoms with Gasteiger partial charge < -0.3 is 0 Å². The van der Waals surface area contributed by atoms with Gasteiger partial charge in [-0.3, -0.25) is 0 Å². The van der Waals surface area contributed by atoms with E-state index < -0.39 is 36.6 Å². The maximum atomic E-state index is 13.6. The molecule has 0 aromatic heterocycles. The van der Waals surface area contributed by atoms with Crippen LogP contribution in [0.5, 0.6) is 0 Å². The van der Waals surface area contributed by atoms with Crippen molar-refractivity contribution in [3.63, 3.8) is 0 Å². The molecule has 0 aliphatic heterocycles. The van der Waals surface area contributed by atoms with E-state index in [0.29, 0.717) is 6.42 Å². The fraction of sp³-hybridized carbons (Fsp3) is 0.455. The van der Waals surface area contributed by atoms with Crippen molar-refractivity contribution in [1.82, 2.24) is 4.72 Å². The fourth-order valence-corrected chi connectivity index (χ4v) is 3.90. The molecule has 0 aliphatic rings. The lowest BCUT2D eigenvalue weighted by atomic mass is 10.3. The standard InChI is InChI=1S/C11H15ClFNO4S2/c1-8(5-6-12)14-20(17,18)11-7-9(19(2,15)16)3-4-10(11)13/h3-4,7-8,14H,5-6H2,1-2H3. The van der Waals surface area contributed by atoms with Crippen LogP contribution in [0.25, 0.3) is 0 Å². The van der Waals surface area contributed by atoms with Gasteiger partial charge in [-0.05, 0) is 31.5 Å². The minimum atomic E-state index is -4.14. The van der Waals surface area contributed by atoms with Crippen LogP contribution in [-0.2, 0) is 19.9 Å². The predicted octanol–water partition coefficient (Wildman–Crippen LogP) is 1.52. The number of alkyl halides is 1. The van der Waals surface area contributed by atoms with Gasteiger partial charge in [-0.25, -0.2) is 25.9 Å². The number of sulfonamides is 1. The molecule has 0 heterocycles. The van der Waals surface area contributed by atoms with Crippen molar-refractivity contribution in [1.29, 1.82) is 0 Å². The molecule has 0 aliphatic carbocycles. The smallest absolute Gasteiger partial charge is 0.224 e. The number of nitrogens with one attached hydrogen (secondary N) is 1. The Hall–Kier alpha value is -0.700. The zero-order chi connectivity index (χ0) is 15.6. The molecule has 9 heteroatoms. The summed E-state index contributed by atoms with van der Waals surface area (Å²) in [4.78, 5) is -0.953. The van der Waals surface area contributed by atoms with Gasteiger partial charge >= 0.3 is 0 Å². The summed E-state index contributed by atoms with van der Waals surface area (Å²) in [5.74, 6) is -0.766. The molecule has 0 bridgehead atoms. The summed E-state index contributed by atoms with van der Waals surface area (Å²) >= 11 is 5.50. The minimum absolute atomic E-state index is 0.246. The lowest BCUT2D eigenvalue weighted by Crippen LogP contribution is -2.33. The van der Waals surface area contributed by atoms with Crippen molar-refractivity contribution < 1.29 is 21.2 Å². The largest absolute Gasteiger partial charge is 0.243 e. The number of sulfone groups is 1. The highest BCUT2D eigenvalue weighted by molar-refractivity contribution is 7.91. The molecule has 5 nitrogen and oxygen atoms in total. The van der Waals surface area contributed by atoms with E-state index in [1.165, 1.54) is 0 Å². The average Bonchev–Trinajstić information content (AvgIpc) is 2.26. The molecule has 0 spiro atoms. The number of hydrogen-bond acceptors (Lipinski definition) is 4. The fourth-order valence-electron chi connectivity index (χ4n) is 1.47. The van der Waals surface area contributed by atoms with Crippen LogP contribution < -0.4 is 4.72 Å². The third kappa shape index (κ3) is 4.41. The Morgan fingerprint density at radius 1 is 1.30 bits per heavy atom. The first kappa shape index (κ1) is 17.4. The molecule has 1 atom stereocenters. The highest BCUT2D eigenvalue weighted by Crippen LogP contribution is 2.20. The Morgan fingerprint density at radius 2 is 1.90 bits per heavy atom. The van der Waals surface area contributed by atoms with Gasteiger partial charge in [0.05, 0.1) is 4.90 Å². The molecular weight excluding hydrogens is 329 g/mol. The van der Waals surface area contributed by atoms with Crippen molar-refractivity contribution in [2.24, 2.45) is 0 Å². The van der Waals surface area contributed by atoms with E-state index in [2.05, 4.69) is 4.72 Å². The summed E-state index contributed by atoms with van der Waals surface area (Å²) in [6, 6.07) is 2.16. The van der Waals surface area contributed by atoms with Crippen molar-refractivity contribution in [2.75, 3.05) is 12.1 Å². The Bertz CT molecular complexity index is 688. The Morgan fingerprint density at radius 3 is 2.40 bits per heavy atom. The molecule has 1 rings (SSSR count). The van der Waals surface area contributed by atoms with Gasteiger partial charge in [-0.15, -0.1) is 11.6 Å². The molecular formula is C11H15ClFNO4S2. The number of halogens is 2. The summed E-state index contributed by atoms with van der Waals surface area (Å²) < 4.78 is 62.7. The summed E-state index contributed by atoms with van der Waals surface area (Å²) in [6.07, 6.45) is 1.29. The maximum Gasteiger partial charge on any atom is 0.243 e. The molecule has 0 radical (unpaired) electrons. The summed E-state index contributed by atoms with van der Waals surface area (Å²) in [6.45, 7) is 1.58. The van der Waals surface area contributed by atoms with Gasteiger partial charge in [0.1, 0.15) is 10.7 Å². The lowest BCUT2D eigenvalue weighted by Gasteiger charge is -2.13. The van der Waals surface area contributed by atoms with E-state index in [-0.39, 0.29) is 10.8 Å². The monoisotopic (exact) mass is 343 g/mol. The van der Waals surface area contributed by atoms with Gasteiger partial charge in [-0.1, -0.05) is 0 Å². The molecule has 0 fully saturated rings. The van der Waals surface area contributed by atoms with E-state index in [9.17, 15) is 21.2 Å². The molecule has 114 valence electrons. The highest BCUT2D eigenvalue weighted by atomic mass is 35.5. The van der Waals surface area contributed by atoms with Crippen LogP contribution >= 0.6 is 11.6 Å². The van der Waals surface area contributed by atoms with Crippen molar-refractivity contribution >= 4 is 31.5 Å². The topological polar surface area (TPSA) is 80.3 Å². The first-order chi connectivity index (χ1) is 9.08. The molecule has 0 saturated carbocycles. The number of benzene rings is 1. The Kier molecular flexibility index (Phi) is 5.54. The normalized spacial score (nSPS) is 14.2. The average molecular weight is 344 g/mol. The van der Waals surface area contributed by atoms with E-state index in [1.807, 2.05) is 0 Å². The van der Waals surface area contributed by atoms with Crippen molar-refractivity contribution in [3.8, 4) is 0 Å². The van der Waals surface area contributed by atoms with E-state index in [1.54, 1.807) is 6.92 Å². The van der Waals surface area contributed by atoms with Crippen LogP contribution in [0.3, 0.4) is 0 Å². The van der Waals surface area contributed by atoms with Crippen LogP contribution in [-0.4, -0.2) is 35.0 Å². The van der Waals surface area contributed by atoms with Crippen LogP contribution in [0, 0.1) is 5.82 Å². The van der Waals surface area contributed by atoms with Crippen LogP contribution in [0.2, 0.25) is 0 Å². The lowest BCUT2D eigenvalue weighted by molar-refractivity contribution is 0.539. The van der Waals surface area contributed by atoms with E-state index in [4.69, 9.17) is 11.6 Å². The molecule has 1 aromatic carbocycles. The molecule has 1 aromatic rings. The number of hydrogen-bond donors (Lipinski definition) is 1. The molecule has 1 unspecified atom stereocenters. The second-order valence-electron chi connectivity index (χ2n) is 4.36. The van der Waals surface area contributed by atoms with Gasteiger partial charge in [0.15, 0.2) is 9.84 Å². The number of rotatable bonds is 6. The SMILES string of the molecule is CC(CCCl)NS(=O)(=O)c1cc(S(C)(=O)=O)ccc1F. The van der Waals surface area contributed by atoms with E-state index >= 15 is 0 Å². The zero-order valence-electron chi connectivity index (χ0n) is 10.9. The van der Waals surface area contributed by atoms with Crippen molar-refractivity contribution in [2.45, 2.75) is 29.2 Å². The van der Waals surface area contributed by atoms with Crippen LogP contribution in [0.4, 0.5) is 4.39 Å². The van der Waals surface area contributed by atoms with Crippen LogP contribution in [0.15, 0.2) is 28.0 Å². The van der Waals surface area contributed by atoms with Crippen molar-refractivity contribution in [3.05, 3.63) is 24.0 Å². The summed E-state index contributed by atoms with van der Waals surface area (Å²) in [5.41, 5.74) is 0. The van der Waals surface area contributed by atoms with Gasteiger partial charge in [0.25, 0.3) is 0 Å². The Balaban J connectivity index is 3.24. The highest BCUT2D eigenvalue weighted by Gasteiger charge is 2.23. The van der Waals surface area contributed by atoms with E-state index in [0.717, 1.165) is 24.5 Å². The molecule has 0 saturated heterocycles. The summed E-state index contributed by atoms with van der Waals surface area (Å²) in [7, 11) is -7.76. The third-order valence-electron chi connectivity index (χ3n) is 2.52. The van der Waals surface area contributed by atoms with Gasteiger partial charge in [-0.2, -0.15) is 0 Å². The summed E-state index contributed by atoms with van der Waals surface area (Å²) in [5, 5.41) is 0. The van der Waals surface area contributed by atoms with Crippen LogP contribution in [0.1, 0.15) is 13.3 Å².